The number of rotatable bonds is 7. The van der Waals surface area contributed by atoms with Crippen LogP contribution in [0.4, 0.5) is 24.7 Å². The third-order valence-electron chi connectivity index (χ3n) is 5.43. The first-order valence-electron chi connectivity index (χ1n) is 11.0. The summed E-state index contributed by atoms with van der Waals surface area (Å²) in [5.41, 5.74) is 3.03. The molecule has 0 aliphatic carbocycles. The number of alkyl halides is 3. The summed E-state index contributed by atoms with van der Waals surface area (Å²) >= 11 is 0. The number of nitrogens with one attached hydrogen (secondary N) is 2. The van der Waals surface area contributed by atoms with E-state index in [1.54, 1.807) is 36.7 Å². The fourth-order valence-corrected chi connectivity index (χ4v) is 3.65. The minimum Gasteiger partial charge on any atom is -0.369 e. The third-order valence-corrected chi connectivity index (χ3v) is 5.43. The van der Waals surface area contributed by atoms with E-state index in [1.807, 2.05) is 31.2 Å². The first kappa shape index (κ1) is 23.9. The molecule has 8 heteroatoms. The molecule has 0 aliphatic heterocycles. The molecule has 35 heavy (non-hydrogen) atoms. The molecule has 0 unspecified atom stereocenters. The first-order valence-corrected chi connectivity index (χ1v) is 11.0. The summed E-state index contributed by atoms with van der Waals surface area (Å²) in [7, 11) is 0. The van der Waals surface area contributed by atoms with Crippen molar-refractivity contribution >= 4 is 17.4 Å². The monoisotopic (exact) mass is 476 g/mol. The second-order valence-corrected chi connectivity index (χ2v) is 7.96. The lowest BCUT2D eigenvalue weighted by molar-refractivity contribution is -0.137. The SMILES string of the molecule is Cc1cc(NC(=O)c2ccccc2-c2ccc(C(F)(F)F)cc2)cnc1NCCc1ccccn1. The molecule has 0 bridgehead atoms. The smallest absolute Gasteiger partial charge is 0.369 e. The summed E-state index contributed by atoms with van der Waals surface area (Å²) in [6, 6.07) is 19.1. The Kier molecular flexibility index (Phi) is 7.10. The summed E-state index contributed by atoms with van der Waals surface area (Å²) < 4.78 is 38.7. The largest absolute Gasteiger partial charge is 0.416 e. The van der Waals surface area contributed by atoms with Gasteiger partial charge in [0.2, 0.25) is 0 Å². The molecular weight excluding hydrogens is 453 g/mol. The molecule has 2 N–H and O–H groups in total. The quantitative estimate of drug-likeness (QED) is 0.325. The van der Waals surface area contributed by atoms with Crippen LogP contribution in [0.25, 0.3) is 11.1 Å². The molecule has 0 spiro atoms. The van der Waals surface area contributed by atoms with Crippen LogP contribution >= 0.6 is 0 Å². The Morgan fingerprint density at radius 2 is 1.69 bits per heavy atom. The van der Waals surface area contributed by atoms with Crippen molar-refractivity contribution in [2.24, 2.45) is 0 Å². The van der Waals surface area contributed by atoms with E-state index in [1.165, 1.54) is 12.1 Å². The highest BCUT2D eigenvalue weighted by Crippen LogP contribution is 2.32. The Morgan fingerprint density at radius 3 is 2.37 bits per heavy atom. The minimum absolute atomic E-state index is 0.350. The number of carbonyl (C=O) groups is 1. The second kappa shape index (κ2) is 10.4. The lowest BCUT2D eigenvalue weighted by Gasteiger charge is -2.13. The van der Waals surface area contributed by atoms with Gasteiger partial charge in [0, 0.05) is 30.4 Å². The Hall–Kier alpha value is -4.20. The zero-order valence-corrected chi connectivity index (χ0v) is 18.9. The van der Waals surface area contributed by atoms with Crippen molar-refractivity contribution in [2.75, 3.05) is 17.2 Å². The van der Waals surface area contributed by atoms with Gasteiger partial charge in [0.05, 0.1) is 17.4 Å². The van der Waals surface area contributed by atoms with Gasteiger partial charge in [-0.25, -0.2) is 4.98 Å². The standard InChI is InChI=1S/C27H23F3N4O/c1-18-16-22(17-33-25(18)32-15-13-21-6-4-5-14-31-21)34-26(35)24-8-3-2-7-23(24)19-9-11-20(12-10-19)27(28,29)30/h2-12,14,16-17H,13,15H2,1H3,(H,32,33)(H,34,35). The van der Waals surface area contributed by atoms with Crippen molar-refractivity contribution in [2.45, 2.75) is 19.5 Å². The van der Waals surface area contributed by atoms with Gasteiger partial charge in [0.1, 0.15) is 5.82 Å². The Labute approximate surface area is 201 Å². The zero-order valence-electron chi connectivity index (χ0n) is 18.9. The number of aromatic nitrogens is 2. The topological polar surface area (TPSA) is 66.9 Å². The molecule has 4 rings (SSSR count). The molecule has 0 atom stereocenters. The average molecular weight is 477 g/mol. The molecule has 2 aromatic heterocycles. The lowest BCUT2D eigenvalue weighted by atomic mass is 9.98. The summed E-state index contributed by atoms with van der Waals surface area (Å²) in [6.07, 6.45) is -0.346. The van der Waals surface area contributed by atoms with Crippen LogP contribution in [0.15, 0.2) is 85.2 Å². The van der Waals surface area contributed by atoms with E-state index in [-0.39, 0.29) is 5.91 Å². The van der Waals surface area contributed by atoms with Gasteiger partial charge in [-0.3, -0.25) is 9.78 Å². The summed E-state index contributed by atoms with van der Waals surface area (Å²) in [6.45, 7) is 2.55. The van der Waals surface area contributed by atoms with Crippen molar-refractivity contribution in [3.05, 3.63) is 108 Å². The van der Waals surface area contributed by atoms with Gasteiger partial charge >= 0.3 is 6.18 Å². The molecule has 1 amide bonds. The van der Waals surface area contributed by atoms with E-state index >= 15 is 0 Å². The number of anilines is 2. The lowest BCUT2D eigenvalue weighted by Crippen LogP contribution is -2.14. The molecule has 0 saturated heterocycles. The molecule has 0 aliphatic rings. The molecule has 0 fully saturated rings. The molecule has 0 saturated carbocycles. The van der Waals surface area contributed by atoms with E-state index in [4.69, 9.17) is 0 Å². The second-order valence-electron chi connectivity index (χ2n) is 7.96. The van der Waals surface area contributed by atoms with Gasteiger partial charge in [-0.05, 0) is 60.0 Å². The molecule has 2 heterocycles. The summed E-state index contributed by atoms with van der Waals surface area (Å²) in [5.74, 6) is 0.335. The number of nitrogens with zero attached hydrogens (tertiary/aromatic N) is 2. The van der Waals surface area contributed by atoms with Crippen molar-refractivity contribution < 1.29 is 18.0 Å². The maximum absolute atomic E-state index is 13.0. The predicted molar refractivity (Wildman–Crippen MR) is 130 cm³/mol. The molecular formula is C27H23F3N4O. The van der Waals surface area contributed by atoms with Crippen LogP contribution in [0.3, 0.4) is 0 Å². The van der Waals surface area contributed by atoms with Crippen LogP contribution in [0, 0.1) is 6.92 Å². The minimum atomic E-state index is -4.42. The van der Waals surface area contributed by atoms with Gasteiger partial charge in [0.15, 0.2) is 0 Å². The highest BCUT2D eigenvalue weighted by atomic mass is 19.4. The molecule has 4 aromatic rings. The van der Waals surface area contributed by atoms with Gasteiger partial charge in [0.25, 0.3) is 5.91 Å². The molecule has 2 aromatic carbocycles. The Bertz CT molecular complexity index is 1310. The van der Waals surface area contributed by atoms with Gasteiger partial charge in [-0.1, -0.05) is 36.4 Å². The number of hydrogen-bond donors (Lipinski definition) is 2. The molecule has 0 radical (unpaired) electrons. The van der Waals surface area contributed by atoms with Crippen molar-refractivity contribution in [1.29, 1.82) is 0 Å². The normalized spacial score (nSPS) is 11.2. The highest BCUT2D eigenvalue weighted by molar-refractivity contribution is 6.08. The number of amides is 1. The number of halogens is 3. The van der Waals surface area contributed by atoms with E-state index in [0.717, 1.165) is 29.8 Å². The van der Waals surface area contributed by atoms with Crippen LogP contribution in [-0.4, -0.2) is 22.4 Å². The van der Waals surface area contributed by atoms with Gasteiger partial charge in [-0.2, -0.15) is 13.2 Å². The predicted octanol–water partition coefficient (Wildman–Crippen LogP) is 6.38. The number of aryl methyl sites for hydroxylation is 1. The fraction of sp³-hybridized carbons (Fsp3) is 0.148. The highest BCUT2D eigenvalue weighted by Gasteiger charge is 2.30. The van der Waals surface area contributed by atoms with Crippen LogP contribution in [-0.2, 0) is 12.6 Å². The van der Waals surface area contributed by atoms with Crippen molar-refractivity contribution in [3.8, 4) is 11.1 Å². The van der Waals surface area contributed by atoms with Gasteiger partial charge < -0.3 is 10.6 Å². The van der Waals surface area contributed by atoms with Crippen molar-refractivity contribution in [1.82, 2.24) is 9.97 Å². The fourth-order valence-electron chi connectivity index (χ4n) is 3.65. The third kappa shape index (κ3) is 6.03. The van der Waals surface area contributed by atoms with Crippen LogP contribution in [0.2, 0.25) is 0 Å². The van der Waals surface area contributed by atoms with E-state index in [2.05, 4.69) is 20.6 Å². The number of hydrogen-bond acceptors (Lipinski definition) is 4. The van der Waals surface area contributed by atoms with Crippen LogP contribution in [0.1, 0.15) is 27.2 Å². The molecule has 5 nitrogen and oxygen atoms in total. The summed E-state index contributed by atoms with van der Waals surface area (Å²) in [4.78, 5) is 21.7. The van der Waals surface area contributed by atoms with Crippen molar-refractivity contribution in [3.63, 3.8) is 0 Å². The first-order chi connectivity index (χ1) is 16.8. The van der Waals surface area contributed by atoms with Crippen LogP contribution < -0.4 is 10.6 Å². The number of pyridine rings is 2. The van der Waals surface area contributed by atoms with E-state index < -0.39 is 11.7 Å². The zero-order chi connectivity index (χ0) is 24.8. The van der Waals surface area contributed by atoms with Crippen LogP contribution in [0.5, 0.6) is 0 Å². The number of carbonyl (C=O) groups excluding carboxylic acids is 1. The van der Waals surface area contributed by atoms with E-state index in [0.29, 0.717) is 34.7 Å². The van der Waals surface area contributed by atoms with Gasteiger partial charge in [-0.15, -0.1) is 0 Å². The number of benzene rings is 2. The summed E-state index contributed by atoms with van der Waals surface area (Å²) in [5, 5.41) is 6.11. The van der Waals surface area contributed by atoms with E-state index in [9.17, 15) is 18.0 Å². The maximum atomic E-state index is 13.0. The Morgan fingerprint density at radius 1 is 0.943 bits per heavy atom. The maximum Gasteiger partial charge on any atom is 0.416 e. The average Bonchev–Trinajstić information content (AvgIpc) is 2.85. The Balaban J connectivity index is 1.45. The molecule has 178 valence electrons.